The number of hydrogen-bond acceptors (Lipinski definition) is 6. The number of Topliss-reactive ketones (excluding diaryl/α,β-unsaturated/α-hetero) is 3. The molecule has 0 unspecified atom stereocenters. The Labute approximate surface area is 216 Å². The van der Waals surface area contributed by atoms with Crippen LogP contribution in [0.4, 0.5) is 0 Å². The van der Waals surface area contributed by atoms with Crippen LogP contribution in [0.5, 0.6) is 0 Å². The molecule has 9 nitrogen and oxygen atoms in total. The van der Waals surface area contributed by atoms with E-state index in [1.165, 1.54) is 16.8 Å². The van der Waals surface area contributed by atoms with Crippen molar-refractivity contribution in [2.45, 2.75) is 71.4 Å². The summed E-state index contributed by atoms with van der Waals surface area (Å²) >= 11 is 0. The normalized spacial score (nSPS) is 11.6. The van der Waals surface area contributed by atoms with E-state index in [9.17, 15) is 28.8 Å². The lowest BCUT2D eigenvalue weighted by atomic mass is 9.96. The van der Waals surface area contributed by atoms with Gasteiger partial charge in [0.15, 0.2) is 11.6 Å². The number of hydrogen-bond donors (Lipinski definition) is 2. The Hall–Kier alpha value is -3.88. The van der Waals surface area contributed by atoms with E-state index in [4.69, 9.17) is 5.73 Å². The summed E-state index contributed by atoms with van der Waals surface area (Å²) in [6, 6.07) is 10.2. The first kappa shape index (κ1) is 29.4. The molecule has 0 spiro atoms. The third-order valence-corrected chi connectivity index (χ3v) is 6.46. The fourth-order valence-corrected chi connectivity index (χ4v) is 4.03. The topological polar surface area (TPSA) is 145 Å². The first-order valence-corrected chi connectivity index (χ1v) is 12.6. The zero-order chi connectivity index (χ0) is 27.4. The first-order valence-electron chi connectivity index (χ1n) is 12.6. The highest BCUT2D eigenvalue weighted by Gasteiger charge is 2.24. The van der Waals surface area contributed by atoms with E-state index in [0.29, 0.717) is 17.9 Å². The van der Waals surface area contributed by atoms with Crippen LogP contribution in [-0.4, -0.2) is 39.8 Å². The Kier molecular flexibility index (Phi) is 11.6. The van der Waals surface area contributed by atoms with E-state index in [2.05, 4.69) is 19.2 Å². The van der Waals surface area contributed by atoms with Crippen molar-refractivity contribution in [1.29, 1.82) is 0 Å². The van der Waals surface area contributed by atoms with Crippen molar-refractivity contribution >= 4 is 29.2 Å². The van der Waals surface area contributed by atoms with Crippen LogP contribution in [-0.2, 0) is 32.1 Å². The number of nitrogens with two attached hydrogens (primary N) is 1. The highest BCUT2D eigenvalue weighted by molar-refractivity contribution is 6.35. The number of rotatable bonds is 16. The molecule has 0 aliphatic heterocycles. The standard InChI is InChI=1S/C28H35N3O6/c1-3-19(4-2)12-13-22(32)18-31-16-8-11-21(28(31)37)17-25(34)23(14-15-24(33)26(29)35)30-27(36)20-9-6-5-7-10-20/h5-11,16,19,23H,3-4,12-15,17-18H2,1-2H3,(H2,29,35)(H,30,36)/t23-/m0/s1. The number of benzene rings is 1. The van der Waals surface area contributed by atoms with Gasteiger partial charge >= 0.3 is 0 Å². The zero-order valence-electron chi connectivity index (χ0n) is 21.4. The molecule has 0 bridgehead atoms. The van der Waals surface area contributed by atoms with Crippen molar-refractivity contribution in [2.75, 3.05) is 0 Å². The molecule has 9 heteroatoms. The molecule has 0 fully saturated rings. The summed E-state index contributed by atoms with van der Waals surface area (Å²) in [4.78, 5) is 74.1. The monoisotopic (exact) mass is 509 g/mol. The van der Waals surface area contributed by atoms with Gasteiger partial charge in [0.25, 0.3) is 17.4 Å². The molecule has 0 saturated carbocycles. The molecule has 0 aliphatic rings. The second-order valence-corrected chi connectivity index (χ2v) is 9.09. The third-order valence-electron chi connectivity index (χ3n) is 6.46. The van der Waals surface area contributed by atoms with E-state index >= 15 is 0 Å². The second kappa shape index (κ2) is 14.6. The van der Waals surface area contributed by atoms with Crippen LogP contribution >= 0.6 is 0 Å². The van der Waals surface area contributed by atoms with Gasteiger partial charge in [0, 0.05) is 36.6 Å². The van der Waals surface area contributed by atoms with Gasteiger partial charge in [-0.1, -0.05) is 51.0 Å². The lowest BCUT2D eigenvalue weighted by Gasteiger charge is -2.18. The molecule has 198 valence electrons. The van der Waals surface area contributed by atoms with Crippen molar-refractivity contribution in [3.8, 4) is 0 Å². The van der Waals surface area contributed by atoms with Crippen LogP contribution in [0.3, 0.4) is 0 Å². The quantitative estimate of drug-likeness (QED) is 0.332. The number of carbonyl (C=O) groups is 5. The maximum Gasteiger partial charge on any atom is 0.284 e. The highest BCUT2D eigenvalue weighted by Crippen LogP contribution is 2.15. The second-order valence-electron chi connectivity index (χ2n) is 9.09. The van der Waals surface area contributed by atoms with Crippen molar-refractivity contribution < 1.29 is 24.0 Å². The number of primary amides is 1. The first-order chi connectivity index (χ1) is 17.7. The summed E-state index contributed by atoms with van der Waals surface area (Å²) in [5.74, 6) is -2.61. The van der Waals surface area contributed by atoms with Gasteiger partial charge in [-0.3, -0.25) is 28.8 Å². The summed E-state index contributed by atoms with van der Waals surface area (Å²) in [7, 11) is 0. The molecule has 1 atom stereocenters. The van der Waals surface area contributed by atoms with Gasteiger partial charge in [0.05, 0.1) is 12.6 Å². The van der Waals surface area contributed by atoms with Gasteiger partial charge in [0.1, 0.15) is 0 Å². The predicted molar refractivity (Wildman–Crippen MR) is 139 cm³/mol. The van der Waals surface area contributed by atoms with Crippen LogP contribution < -0.4 is 16.6 Å². The van der Waals surface area contributed by atoms with Crippen molar-refractivity contribution in [1.82, 2.24) is 9.88 Å². The Morgan fingerprint density at radius 3 is 2.22 bits per heavy atom. The number of aromatic nitrogens is 1. The average Bonchev–Trinajstić information content (AvgIpc) is 2.89. The number of nitrogens with zero attached hydrogens (tertiary/aromatic N) is 1. The SMILES string of the molecule is CCC(CC)CCC(=O)Cn1cccc(CC(=O)[C@H](CCC(=O)C(N)=O)NC(=O)c2ccccc2)c1=O. The fraction of sp³-hybridized carbons (Fsp3) is 0.429. The van der Waals surface area contributed by atoms with Gasteiger partial charge < -0.3 is 15.6 Å². The Balaban J connectivity index is 2.15. The van der Waals surface area contributed by atoms with E-state index in [1.54, 1.807) is 36.4 Å². The van der Waals surface area contributed by atoms with Crippen molar-refractivity contribution in [3.05, 3.63) is 70.1 Å². The van der Waals surface area contributed by atoms with Crippen molar-refractivity contribution in [2.24, 2.45) is 11.7 Å². The highest BCUT2D eigenvalue weighted by atomic mass is 16.2. The van der Waals surface area contributed by atoms with Gasteiger partial charge in [-0.05, 0) is 37.0 Å². The van der Waals surface area contributed by atoms with Crippen LogP contribution in [0.2, 0.25) is 0 Å². The van der Waals surface area contributed by atoms with E-state index in [1.807, 2.05) is 0 Å². The minimum absolute atomic E-state index is 0.0598. The average molecular weight is 510 g/mol. The number of amides is 2. The molecule has 0 saturated heterocycles. The molecule has 0 radical (unpaired) electrons. The summed E-state index contributed by atoms with van der Waals surface area (Å²) in [5, 5.41) is 2.60. The molecule has 3 N–H and O–H groups in total. The summed E-state index contributed by atoms with van der Waals surface area (Å²) < 4.78 is 1.28. The molecule has 1 aromatic heterocycles. The van der Waals surface area contributed by atoms with Gasteiger partial charge in [0.2, 0.25) is 5.78 Å². The largest absolute Gasteiger partial charge is 0.363 e. The Morgan fingerprint density at radius 2 is 1.59 bits per heavy atom. The summed E-state index contributed by atoms with van der Waals surface area (Å²) in [6.07, 6.45) is 3.86. The maximum atomic E-state index is 13.1. The van der Waals surface area contributed by atoms with Crippen molar-refractivity contribution in [3.63, 3.8) is 0 Å². The minimum atomic E-state index is -1.12. The fourth-order valence-electron chi connectivity index (χ4n) is 4.03. The lowest BCUT2D eigenvalue weighted by Crippen LogP contribution is -2.43. The van der Waals surface area contributed by atoms with Gasteiger partial charge in [-0.15, -0.1) is 0 Å². The van der Waals surface area contributed by atoms with Crippen LogP contribution in [0.15, 0.2) is 53.5 Å². The molecule has 2 amide bonds. The molecule has 37 heavy (non-hydrogen) atoms. The maximum absolute atomic E-state index is 13.1. The molecular formula is C28H35N3O6. The van der Waals surface area contributed by atoms with Crippen LogP contribution in [0, 0.1) is 5.92 Å². The van der Waals surface area contributed by atoms with Gasteiger partial charge in [-0.2, -0.15) is 0 Å². The van der Waals surface area contributed by atoms with E-state index in [0.717, 1.165) is 19.3 Å². The zero-order valence-corrected chi connectivity index (χ0v) is 21.4. The number of pyridine rings is 1. The number of carbonyl (C=O) groups excluding carboxylic acids is 5. The predicted octanol–water partition coefficient (Wildman–Crippen LogP) is 2.38. The van der Waals surface area contributed by atoms with Crippen LogP contribution in [0.25, 0.3) is 0 Å². The molecule has 2 aromatic rings. The van der Waals surface area contributed by atoms with E-state index < -0.39 is 35.0 Å². The Morgan fingerprint density at radius 1 is 0.919 bits per heavy atom. The minimum Gasteiger partial charge on any atom is -0.363 e. The molecule has 2 rings (SSSR count). The summed E-state index contributed by atoms with van der Waals surface area (Å²) in [6.45, 7) is 4.09. The smallest absolute Gasteiger partial charge is 0.284 e. The number of nitrogens with one attached hydrogen (secondary N) is 1. The lowest BCUT2D eigenvalue weighted by molar-refractivity contribution is -0.136. The molecule has 1 heterocycles. The summed E-state index contributed by atoms with van der Waals surface area (Å²) in [5.41, 5.74) is 5.03. The number of ketones is 3. The molecule has 1 aromatic carbocycles. The van der Waals surface area contributed by atoms with E-state index in [-0.39, 0.29) is 37.2 Å². The Bertz CT molecular complexity index is 1170. The third kappa shape index (κ3) is 9.25. The van der Waals surface area contributed by atoms with Crippen LogP contribution in [0.1, 0.15) is 68.3 Å². The van der Waals surface area contributed by atoms with Gasteiger partial charge in [-0.25, -0.2) is 0 Å². The molecule has 0 aliphatic carbocycles. The molecular weight excluding hydrogens is 474 g/mol.